The van der Waals surface area contributed by atoms with E-state index in [4.69, 9.17) is 13.8 Å². The molecule has 0 atom stereocenters. The summed E-state index contributed by atoms with van der Waals surface area (Å²) >= 11 is 0. The number of rotatable bonds is 6. The van der Waals surface area contributed by atoms with Gasteiger partial charge in [-0.15, -0.1) is 0 Å². The average Bonchev–Trinajstić information content (AvgIpc) is 3.73. The standard InChI is InChI=1S/C43H28N2O2/c1-4-13-29(14-5-1)34-19-10-11-20-35(34)30-23-25-33(26-24-30)45(32-17-8-3-9-18-32)38-21-12-22-39-42(38)36-27-37-41(28-40(36)46-39)47-43(44-37)31-15-6-2-7-16-31/h1-28H. The molecule has 0 saturated heterocycles. The van der Waals surface area contributed by atoms with Crippen LogP contribution in [0.2, 0.25) is 0 Å². The molecule has 4 nitrogen and oxygen atoms in total. The van der Waals surface area contributed by atoms with Crippen LogP contribution in [0.25, 0.3) is 66.7 Å². The summed E-state index contributed by atoms with van der Waals surface area (Å²) in [4.78, 5) is 7.15. The molecule has 0 spiro atoms. The van der Waals surface area contributed by atoms with E-state index in [2.05, 4.69) is 126 Å². The summed E-state index contributed by atoms with van der Waals surface area (Å²) in [5, 5.41) is 2.02. The van der Waals surface area contributed by atoms with E-state index >= 15 is 0 Å². The Morgan fingerprint density at radius 3 is 1.72 bits per heavy atom. The Balaban J connectivity index is 1.19. The van der Waals surface area contributed by atoms with Crippen LogP contribution in [0.1, 0.15) is 0 Å². The molecule has 2 heterocycles. The van der Waals surface area contributed by atoms with Crippen molar-refractivity contribution < 1.29 is 8.83 Å². The maximum atomic E-state index is 6.46. The van der Waals surface area contributed by atoms with Gasteiger partial charge in [0.15, 0.2) is 5.58 Å². The van der Waals surface area contributed by atoms with Gasteiger partial charge in [-0.1, -0.05) is 109 Å². The molecular formula is C43H28N2O2. The van der Waals surface area contributed by atoms with E-state index < -0.39 is 0 Å². The van der Waals surface area contributed by atoms with Crippen molar-refractivity contribution in [3.8, 4) is 33.7 Å². The van der Waals surface area contributed by atoms with Crippen LogP contribution in [0.15, 0.2) is 179 Å². The van der Waals surface area contributed by atoms with Gasteiger partial charge in [0.05, 0.1) is 11.1 Å². The van der Waals surface area contributed by atoms with E-state index in [0.29, 0.717) is 11.5 Å². The minimum absolute atomic E-state index is 0.595. The normalized spacial score (nSPS) is 11.4. The number of hydrogen-bond donors (Lipinski definition) is 0. The molecule has 7 aromatic carbocycles. The monoisotopic (exact) mass is 604 g/mol. The van der Waals surface area contributed by atoms with Crippen LogP contribution in [0.3, 0.4) is 0 Å². The average molecular weight is 605 g/mol. The second-order valence-electron chi connectivity index (χ2n) is 11.6. The zero-order chi connectivity index (χ0) is 31.2. The highest BCUT2D eigenvalue weighted by atomic mass is 16.4. The van der Waals surface area contributed by atoms with E-state index in [1.807, 2.05) is 48.5 Å². The van der Waals surface area contributed by atoms with Crippen LogP contribution in [-0.4, -0.2) is 4.98 Å². The zero-order valence-electron chi connectivity index (χ0n) is 25.4. The molecule has 0 aliphatic carbocycles. The molecule has 0 fully saturated rings. The van der Waals surface area contributed by atoms with E-state index in [1.165, 1.54) is 16.7 Å². The van der Waals surface area contributed by atoms with Gasteiger partial charge in [0.25, 0.3) is 0 Å². The van der Waals surface area contributed by atoms with Gasteiger partial charge in [-0.25, -0.2) is 4.98 Å². The van der Waals surface area contributed by atoms with Crippen molar-refractivity contribution in [3.05, 3.63) is 170 Å². The first-order valence-electron chi connectivity index (χ1n) is 15.7. The highest BCUT2D eigenvalue weighted by molar-refractivity contribution is 6.15. The fourth-order valence-corrected chi connectivity index (χ4v) is 6.52. The topological polar surface area (TPSA) is 42.4 Å². The molecule has 0 bridgehead atoms. The van der Waals surface area contributed by atoms with Crippen LogP contribution in [0.4, 0.5) is 17.1 Å². The fraction of sp³-hybridized carbons (Fsp3) is 0. The summed E-state index contributed by atoms with van der Waals surface area (Å²) in [6, 6.07) is 58.7. The summed E-state index contributed by atoms with van der Waals surface area (Å²) in [5.41, 5.74) is 11.9. The lowest BCUT2D eigenvalue weighted by molar-refractivity contribution is 0.617. The van der Waals surface area contributed by atoms with Crippen LogP contribution < -0.4 is 4.90 Å². The molecule has 222 valence electrons. The molecule has 0 amide bonds. The van der Waals surface area contributed by atoms with Crippen molar-refractivity contribution in [1.82, 2.24) is 4.98 Å². The number of furan rings is 1. The van der Waals surface area contributed by atoms with Gasteiger partial charge in [-0.2, -0.15) is 0 Å². The quantitative estimate of drug-likeness (QED) is 0.189. The lowest BCUT2D eigenvalue weighted by atomic mass is 9.94. The first kappa shape index (κ1) is 27.0. The van der Waals surface area contributed by atoms with E-state index in [9.17, 15) is 0 Å². The number of fused-ring (bicyclic) bond motifs is 4. The lowest BCUT2D eigenvalue weighted by Crippen LogP contribution is -2.10. The Bertz CT molecular complexity index is 2500. The summed E-state index contributed by atoms with van der Waals surface area (Å²) < 4.78 is 12.6. The summed E-state index contributed by atoms with van der Waals surface area (Å²) in [6.45, 7) is 0. The third-order valence-corrected chi connectivity index (χ3v) is 8.71. The molecule has 0 unspecified atom stereocenters. The van der Waals surface area contributed by atoms with Crippen LogP contribution in [0, 0.1) is 0 Å². The smallest absolute Gasteiger partial charge is 0.227 e. The van der Waals surface area contributed by atoms with Crippen molar-refractivity contribution >= 4 is 50.1 Å². The van der Waals surface area contributed by atoms with Crippen molar-refractivity contribution in [2.24, 2.45) is 0 Å². The molecule has 9 rings (SSSR count). The molecule has 4 heteroatoms. The number of aromatic nitrogens is 1. The number of benzene rings is 7. The molecular weight excluding hydrogens is 576 g/mol. The molecule has 2 aromatic heterocycles. The Hall–Kier alpha value is -6.39. The van der Waals surface area contributed by atoms with Gasteiger partial charge < -0.3 is 13.7 Å². The summed E-state index contributed by atoms with van der Waals surface area (Å²) in [5.74, 6) is 0.595. The van der Waals surface area contributed by atoms with Gasteiger partial charge in [0.2, 0.25) is 5.89 Å². The van der Waals surface area contributed by atoms with Gasteiger partial charge in [-0.05, 0) is 76.9 Å². The Morgan fingerprint density at radius 1 is 0.426 bits per heavy atom. The van der Waals surface area contributed by atoms with Crippen molar-refractivity contribution in [3.63, 3.8) is 0 Å². The molecule has 0 saturated carbocycles. The van der Waals surface area contributed by atoms with Crippen LogP contribution >= 0.6 is 0 Å². The van der Waals surface area contributed by atoms with Gasteiger partial charge in [0.1, 0.15) is 16.7 Å². The Labute approximate surface area is 271 Å². The molecule has 0 aliphatic heterocycles. The molecule has 47 heavy (non-hydrogen) atoms. The van der Waals surface area contributed by atoms with Crippen LogP contribution in [0.5, 0.6) is 0 Å². The van der Waals surface area contributed by atoms with Crippen molar-refractivity contribution in [2.75, 3.05) is 4.90 Å². The van der Waals surface area contributed by atoms with Crippen molar-refractivity contribution in [2.45, 2.75) is 0 Å². The molecule has 0 aliphatic rings. The maximum Gasteiger partial charge on any atom is 0.227 e. The SMILES string of the molecule is c1ccc(-c2nc3cc4c(cc3o2)oc2cccc(N(c3ccccc3)c3ccc(-c5ccccc5-c5ccccc5)cc3)c24)cc1. The predicted octanol–water partition coefficient (Wildman–Crippen LogP) is 12.2. The number of nitrogens with zero attached hydrogens (tertiary/aromatic N) is 2. The van der Waals surface area contributed by atoms with Gasteiger partial charge in [-0.3, -0.25) is 0 Å². The second-order valence-corrected chi connectivity index (χ2v) is 11.6. The predicted molar refractivity (Wildman–Crippen MR) is 192 cm³/mol. The van der Waals surface area contributed by atoms with E-state index in [-0.39, 0.29) is 0 Å². The number of hydrogen-bond acceptors (Lipinski definition) is 4. The van der Waals surface area contributed by atoms with Gasteiger partial charge >= 0.3 is 0 Å². The summed E-state index contributed by atoms with van der Waals surface area (Å²) in [6.07, 6.45) is 0. The molecule has 0 radical (unpaired) electrons. The largest absolute Gasteiger partial charge is 0.456 e. The van der Waals surface area contributed by atoms with Crippen molar-refractivity contribution in [1.29, 1.82) is 0 Å². The number of anilines is 3. The van der Waals surface area contributed by atoms with Gasteiger partial charge in [0, 0.05) is 28.4 Å². The highest BCUT2D eigenvalue weighted by Gasteiger charge is 2.21. The molecule has 9 aromatic rings. The number of oxazole rings is 1. The minimum atomic E-state index is 0.595. The summed E-state index contributed by atoms with van der Waals surface area (Å²) in [7, 11) is 0. The lowest BCUT2D eigenvalue weighted by Gasteiger charge is -2.26. The molecule has 0 N–H and O–H groups in total. The van der Waals surface area contributed by atoms with E-state index in [1.54, 1.807) is 0 Å². The van der Waals surface area contributed by atoms with Crippen LogP contribution in [-0.2, 0) is 0 Å². The third-order valence-electron chi connectivity index (χ3n) is 8.71. The minimum Gasteiger partial charge on any atom is -0.456 e. The van der Waals surface area contributed by atoms with E-state index in [0.717, 1.165) is 55.6 Å². The number of para-hydroxylation sites is 1. The maximum absolute atomic E-state index is 6.46. The third kappa shape index (κ3) is 4.75. The zero-order valence-corrected chi connectivity index (χ0v) is 25.4. The Morgan fingerprint density at radius 2 is 1.02 bits per heavy atom. The first-order valence-corrected chi connectivity index (χ1v) is 15.7. The first-order chi connectivity index (χ1) is 23.3. The fourth-order valence-electron chi connectivity index (χ4n) is 6.52. The highest BCUT2D eigenvalue weighted by Crippen LogP contribution is 2.44. The second kappa shape index (κ2) is 11.2. The Kier molecular flexibility index (Phi) is 6.43.